The Kier molecular flexibility index (Phi) is 7.17. The van der Waals surface area contributed by atoms with Crippen LogP contribution in [0.2, 0.25) is 0 Å². The van der Waals surface area contributed by atoms with Crippen LogP contribution in [0.3, 0.4) is 0 Å². The summed E-state index contributed by atoms with van der Waals surface area (Å²) in [7, 11) is 3.07. The first kappa shape index (κ1) is 19.9. The van der Waals surface area contributed by atoms with Crippen LogP contribution >= 0.6 is 15.9 Å². The second-order valence-corrected chi connectivity index (χ2v) is 6.55. The van der Waals surface area contributed by atoms with Gasteiger partial charge in [-0.15, -0.1) is 0 Å². The van der Waals surface area contributed by atoms with Crippen LogP contribution in [0.5, 0.6) is 5.75 Å². The first-order valence-electron chi connectivity index (χ1n) is 8.13. The van der Waals surface area contributed by atoms with E-state index < -0.39 is 18.0 Å². The molecule has 0 unspecified atom stereocenters. The van der Waals surface area contributed by atoms with Crippen LogP contribution in [-0.2, 0) is 4.79 Å². The van der Waals surface area contributed by atoms with Crippen LogP contribution in [0.4, 0.5) is 4.79 Å². The number of nitrogens with one attached hydrogen (secondary N) is 3. The SMILES string of the molecule is CNC(=O)NC(=O)[C@@H](N[C@@H](C)c1ccc(OC)c(Br)c1)c1ccccc1. The highest BCUT2D eigenvalue weighted by molar-refractivity contribution is 9.10. The van der Waals surface area contributed by atoms with E-state index in [0.717, 1.165) is 21.3 Å². The van der Waals surface area contributed by atoms with Crippen molar-refractivity contribution in [2.24, 2.45) is 0 Å². The molecular formula is C19H22BrN3O3. The van der Waals surface area contributed by atoms with Gasteiger partial charge in [0.2, 0.25) is 5.91 Å². The van der Waals surface area contributed by atoms with Gasteiger partial charge in [0.15, 0.2) is 0 Å². The van der Waals surface area contributed by atoms with Crippen molar-refractivity contribution in [1.82, 2.24) is 16.0 Å². The molecule has 0 spiro atoms. The van der Waals surface area contributed by atoms with E-state index in [1.807, 2.05) is 55.5 Å². The quantitative estimate of drug-likeness (QED) is 0.670. The zero-order valence-electron chi connectivity index (χ0n) is 14.9. The van der Waals surface area contributed by atoms with Gasteiger partial charge in [-0.05, 0) is 46.1 Å². The summed E-state index contributed by atoms with van der Waals surface area (Å²) in [6, 6.07) is 13.6. The van der Waals surface area contributed by atoms with Crippen LogP contribution in [0.15, 0.2) is 53.0 Å². The Balaban J connectivity index is 2.24. The van der Waals surface area contributed by atoms with E-state index in [4.69, 9.17) is 4.74 Å². The summed E-state index contributed by atoms with van der Waals surface area (Å²) in [5.41, 5.74) is 1.75. The number of methoxy groups -OCH3 is 1. The van der Waals surface area contributed by atoms with Gasteiger partial charge in [0.05, 0.1) is 11.6 Å². The molecule has 2 aromatic rings. The third-order valence-electron chi connectivity index (χ3n) is 3.95. The Morgan fingerprint density at radius 2 is 1.77 bits per heavy atom. The fourth-order valence-corrected chi connectivity index (χ4v) is 3.07. The van der Waals surface area contributed by atoms with E-state index in [1.165, 1.54) is 7.05 Å². The van der Waals surface area contributed by atoms with Crippen molar-refractivity contribution >= 4 is 27.9 Å². The first-order chi connectivity index (χ1) is 12.5. The maximum absolute atomic E-state index is 12.6. The molecule has 2 aromatic carbocycles. The zero-order chi connectivity index (χ0) is 19.1. The van der Waals surface area contributed by atoms with E-state index in [2.05, 4.69) is 31.9 Å². The third-order valence-corrected chi connectivity index (χ3v) is 4.57. The number of imide groups is 1. The summed E-state index contributed by atoms with van der Waals surface area (Å²) in [5.74, 6) is 0.313. The minimum Gasteiger partial charge on any atom is -0.496 e. The van der Waals surface area contributed by atoms with Crippen LogP contribution in [0, 0.1) is 0 Å². The maximum Gasteiger partial charge on any atom is 0.321 e. The molecule has 2 rings (SSSR count). The Hall–Kier alpha value is -2.38. The number of hydrogen-bond donors (Lipinski definition) is 3. The average molecular weight is 420 g/mol. The van der Waals surface area contributed by atoms with Crippen molar-refractivity contribution in [3.63, 3.8) is 0 Å². The maximum atomic E-state index is 12.6. The summed E-state index contributed by atoms with van der Waals surface area (Å²) < 4.78 is 6.08. The van der Waals surface area contributed by atoms with Crippen molar-refractivity contribution in [3.05, 3.63) is 64.1 Å². The number of rotatable bonds is 6. The lowest BCUT2D eigenvalue weighted by atomic mass is 10.0. The number of amides is 3. The van der Waals surface area contributed by atoms with Crippen LogP contribution < -0.4 is 20.7 Å². The van der Waals surface area contributed by atoms with Gasteiger partial charge in [0, 0.05) is 13.1 Å². The molecule has 3 N–H and O–H groups in total. The summed E-state index contributed by atoms with van der Waals surface area (Å²) in [6.07, 6.45) is 0. The Labute approximate surface area is 161 Å². The van der Waals surface area contributed by atoms with E-state index in [0.29, 0.717) is 0 Å². The molecular weight excluding hydrogens is 398 g/mol. The topological polar surface area (TPSA) is 79.5 Å². The number of halogens is 1. The van der Waals surface area contributed by atoms with Gasteiger partial charge in [-0.25, -0.2) is 4.79 Å². The number of hydrogen-bond acceptors (Lipinski definition) is 4. The van der Waals surface area contributed by atoms with Gasteiger partial charge < -0.3 is 10.1 Å². The largest absolute Gasteiger partial charge is 0.496 e. The van der Waals surface area contributed by atoms with E-state index >= 15 is 0 Å². The number of benzene rings is 2. The average Bonchev–Trinajstić information content (AvgIpc) is 2.66. The molecule has 0 aliphatic heterocycles. The van der Waals surface area contributed by atoms with Gasteiger partial charge in [-0.1, -0.05) is 36.4 Å². The van der Waals surface area contributed by atoms with Gasteiger partial charge in [-0.2, -0.15) is 0 Å². The normalized spacial score (nSPS) is 12.8. The minimum absolute atomic E-state index is 0.141. The minimum atomic E-state index is -0.677. The van der Waals surface area contributed by atoms with Crippen molar-refractivity contribution in [2.45, 2.75) is 19.0 Å². The summed E-state index contributed by atoms with van der Waals surface area (Å²) in [6.45, 7) is 1.96. The summed E-state index contributed by atoms with van der Waals surface area (Å²) in [4.78, 5) is 24.1. The van der Waals surface area contributed by atoms with Gasteiger partial charge in [-0.3, -0.25) is 15.4 Å². The standard InChI is InChI=1S/C19H22BrN3O3/c1-12(14-9-10-16(26-3)15(20)11-14)22-17(13-7-5-4-6-8-13)18(24)23-19(25)21-2/h4-12,17,22H,1-3H3,(H2,21,23,24,25)/t12-,17-/m0/s1. The van der Waals surface area contributed by atoms with Gasteiger partial charge in [0.1, 0.15) is 11.8 Å². The summed E-state index contributed by atoms with van der Waals surface area (Å²) >= 11 is 3.47. The first-order valence-corrected chi connectivity index (χ1v) is 8.92. The van der Waals surface area contributed by atoms with Crippen LogP contribution in [0.25, 0.3) is 0 Å². The highest BCUT2D eigenvalue weighted by Crippen LogP contribution is 2.29. The van der Waals surface area contributed by atoms with Crippen molar-refractivity contribution in [2.75, 3.05) is 14.2 Å². The molecule has 0 aliphatic carbocycles. The molecule has 0 aromatic heterocycles. The Morgan fingerprint density at radius 1 is 1.08 bits per heavy atom. The smallest absolute Gasteiger partial charge is 0.321 e. The molecule has 0 heterocycles. The van der Waals surface area contributed by atoms with Gasteiger partial charge in [0.25, 0.3) is 0 Å². The summed E-state index contributed by atoms with van der Waals surface area (Å²) in [5, 5.41) is 8.01. The lowest BCUT2D eigenvalue weighted by Crippen LogP contribution is -2.44. The van der Waals surface area contributed by atoms with E-state index in [9.17, 15) is 9.59 Å². The van der Waals surface area contributed by atoms with Crippen molar-refractivity contribution < 1.29 is 14.3 Å². The molecule has 0 radical (unpaired) electrons. The fourth-order valence-electron chi connectivity index (χ4n) is 2.51. The van der Waals surface area contributed by atoms with Gasteiger partial charge >= 0.3 is 6.03 Å². The molecule has 7 heteroatoms. The Bertz CT molecular complexity index is 768. The molecule has 3 amide bonds. The predicted octanol–water partition coefficient (Wildman–Crippen LogP) is 3.31. The number of carbonyl (C=O) groups excluding carboxylic acids is 2. The van der Waals surface area contributed by atoms with Crippen molar-refractivity contribution in [3.8, 4) is 5.75 Å². The Morgan fingerprint density at radius 3 is 2.35 bits per heavy atom. The molecule has 0 saturated carbocycles. The monoisotopic (exact) mass is 419 g/mol. The third kappa shape index (κ3) is 5.06. The molecule has 138 valence electrons. The number of ether oxygens (including phenoxy) is 1. The van der Waals surface area contributed by atoms with E-state index in [-0.39, 0.29) is 6.04 Å². The second-order valence-electron chi connectivity index (χ2n) is 5.69. The predicted molar refractivity (Wildman–Crippen MR) is 104 cm³/mol. The number of carbonyl (C=O) groups is 2. The molecule has 0 bridgehead atoms. The zero-order valence-corrected chi connectivity index (χ0v) is 16.5. The number of urea groups is 1. The lowest BCUT2D eigenvalue weighted by Gasteiger charge is -2.23. The highest BCUT2D eigenvalue weighted by atomic mass is 79.9. The fraction of sp³-hybridized carbons (Fsp3) is 0.263. The molecule has 2 atom stereocenters. The molecule has 0 aliphatic rings. The van der Waals surface area contributed by atoms with Crippen LogP contribution in [0.1, 0.15) is 30.1 Å². The molecule has 26 heavy (non-hydrogen) atoms. The molecule has 0 saturated heterocycles. The van der Waals surface area contributed by atoms with E-state index in [1.54, 1.807) is 7.11 Å². The molecule has 0 fully saturated rings. The second kappa shape index (κ2) is 9.35. The lowest BCUT2D eigenvalue weighted by molar-refractivity contribution is -0.122. The molecule has 6 nitrogen and oxygen atoms in total. The highest BCUT2D eigenvalue weighted by Gasteiger charge is 2.24. The van der Waals surface area contributed by atoms with Crippen LogP contribution in [-0.4, -0.2) is 26.1 Å². The van der Waals surface area contributed by atoms with Crippen molar-refractivity contribution in [1.29, 1.82) is 0 Å².